The second-order valence-corrected chi connectivity index (χ2v) is 9.13. The molecule has 1 aliphatic rings. The van der Waals surface area contributed by atoms with Crippen molar-refractivity contribution in [3.8, 4) is 28.6 Å². The maximum atomic E-state index is 12.2. The number of thioether (sulfide) groups is 1. The van der Waals surface area contributed by atoms with Crippen LogP contribution >= 0.6 is 11.8 Å². The highest BCUT2D eigenvalue weighted by atomic mass is 32.2. The molecule has 2 aromatic heterocycles. The number of rotatable bonds is 7. The van der Waals surface area contributed by atoms with Gasteiger partial charge in [-0.2, -0.15) is 0 Å². The number of nitrogens with zero attached hydrogens (tertiary/aromatic N) is 3. The molecule has 0 unspecified atom stereocenters. The van der Waals surface area contributed by atoms with E-state index in [1.807, 2.05) is 60.7 Å². The zero-order chi connectivity index (χ0) is 24.5. The van der Waals surface area contributed by atoms with Crippen LogP contribution in [0.3, 0.4) is 0 Å². The summed E-state index contributed by atoms with van der Waals surface area (Å²) in [7, 11) is 1.58. The fourth-order valence-electron chi connectivity index (χ4n) is 4.16. The van der Waals surface area contributed by atoms with Crippen LogP contribution in [0.1, 0.15) is 11.1 Å². The van der Waals surface area contributed by atoms with Crippen LogP contribution < -0.4 is 19.8 Å². The van der Waals surface area contributed by atoms with E-state index in [0.717, 1.165) is 44.6 Å². The Kier molecular flexibility index (Phi) is 5.82. The van der Waals surface area contributed by atoms with Gasteiger partial charge in [0, 0.05) is 28.8 Å². The lowest BCUT2D eigenvalue weighted by atomic mass is 10.1. The van der Waals surface area contributed by atoms with E-state index >= 15 is 0 Å². The van der Waals surface area contributed by atoms with Crippen LogP contribution in [0.5, 0.6) is 17.2 Å². The van der Waals surface area contributed by atoms with Crippen LogP contribution in [0.25, 0.3) is 22.4 Å². The molecular formula is C27H21N3O5S. The van der Waals surface area contributed by atoms with E-state index in [9.17, 15) is 4.79 Å². The molecule has 0 atom stereocenters. The van der Waals surface area contributed by atoms with Crippen molar-refractivity contribution in [1.29, 1.82) is 0 Å². The molecule has 0 N–H and O–H groups in total. The summed E-state index contributed by atoms with van der Waals surface area (Å²) in [6, 6.07) is 22.9. The van der Waals surface area contributed by atoms with Gasteiger partial charge in [0.2, 0.25) is 6.79 Å². The molecule has 0 amide bonds. The van der Waals surface area contributed by atoms with E-state index in [-0.39, 0.29) is 6.79 Å². The summed E-state index contributed by atoms with van der Waals surface area (Å²) < 4.78 is 23.8. The Bertz CT molecular complexity index is 1610. The molecule has 3 heterocycles. The van der Waals surface area contributed by atoms with Gasteiger partial charge in [-0.3, -0.25) is 4.57 Å². The first-order valence-electron chi connectivity index (χ1n) is 11.3. The predicted octanol–water partition coefficient (Wildman–Crippen LogP) is 5.13. The number of aromatic nitrogens is 3. The number of ether oxygens (including phenoxy) is 3. The van der Waals surface area contributed by atoms with Crippen molar-refractivity contribution in [2.75, 3.05) is 13.9 Å². The van der Waals surface area contributed by atoms with E-state index in [0.29, 0.717) is 23.6 Å². The Hall–Kier alpha value is -4.24. The molecule has 0 bridgehead atoms. The first kappa shape index (κ1) is 22.2. The van der Waals surface area contributed by atoms with Crippen molar-refractivity contribution in [2.45, 2.75) is 17.5 Å². The topological polar surface area (TPSA) is 88.6 Å². The van der Waals surface area contributed by atoms with Crippen LogP contribution in [-0.4, -0.2) is 28.7 Å². The molecular weight excluding hydrogens is 478 g/mol. The van der Waals surface area contributed by atoms with Gasteiger partial charge in [-0.25, -0.2) is 4.79 Å². The van der Waals surface area contributed by atoms with Crippen LogP contribution in [0, 0.1) is 0 Å². The highest BCUT2D eigenvalue weighted by Gasteiger charge is 2.18. The second kappa shape index (κ2) is 9.43. The molecule has 9 heteroatoms. The van der Waals surface area contributed by atoms with Gasteiger partial charge in [-0.15, -0.1) is 10.2 Å². The van der Waals surface area contributed by atoms with Crippen LogP contribution in [0.2, 0.25) is 0 Å². The average Bonchev–Trinajstić information content (AvgIpc) is 3.54. The summed E-state index contributed by atoms with van der Waals surface area (Å²) in [6.07, 6.45) is 0. The van der Waals surface area contributed by atoms with Gasteiger partial charge in [0.25, 0.3) is 0 Å². The summed E-state index contributed by atoms with van der Waals surface area (Å²) in [5, 5.41) is 10.6. The summed E-state index contributed by atoms with van der Waals surface area (Å²) >= 11 is 1.52. The van der Waals surface area contributed by atoms with Crippen molar-refractivity contribution in [3.63, 3.8) is 0 Å². The molecule has 0 saturated carbocycles. The van der Waals surface area contributed by atoms with E-state index < -0.39 is 5.63 Å². The lowest BCUT2D eigenvalue weighted by Gasteiger charge is -2.12. The maximum absolute atomic E-state index is 12.2. The number of hydrogen-bond acceptors (Lipinski definition) is 8. The molecule has 5 aromatic rings. The van der Waals surface area contributed by atoms with Crippen molar-refractivity contribution in [3.05, 3.63) is 94.3 Å². The molecule has 8 nitrogen and oxygen atoms in total. The first-order valence-corrected chi connectivity index (χ1v) is 12.3. The maximum Gasteiger partial charge on any atom is 0.336 e. The number of methoxy groups -OCH3 is 1. The van der Waals surface area contributed by atoms with Gasteiger partial charge in [-0.1, -0.05) is 48.2 Å². The summed E-state index contributed by atoms with van der Waals surface area (Å²) in [5.41, 5.74) is 2.95. The van der Waals surface area contributed by atoms with Gasteiger partial charge < -0.3 is 18.6 Å². The smallest absolute Gasteiger partial charge is 0.336 e. The highest BCUT2D eigenvalue weighted by Crippen LogP contribution is 2.34. The lowest BCUT2D eigenvalue weighted by molar-refractivity contribution is 0.174. The second-order valence-electron chi connectivity index (χ2n) is 8.19. The third-order valence-electron chi connectivity index (χ3n) is 5.92. The van der Waals surface area contributed by atoms with Gasteiger partial charge in [0.15, 0.2) is 22.5 Å². The third-order valence-corrected chi connectivity index (χ3v) is 6.94. The Morgan fingerprint density at radius 1 is 0.972 bits per heavy atom. The van der Waals surface area contributed by atoms with E-state index in [1.165, 1.54) is 17.8 Å². The minimum atomic E-state index is -0.404. The molecule has 1 aliphatic heterocycles. The normalized spacial score (nSPS) is 12.2. The van der Waals surface area contributed by atoms with Crippen LogP contribution in [0.15, 0.2) is 87.2 Å². The summed E-state index contributed by atoms with van der Waals surface area (Å²) in [5.74, 6) is 3.38. The Balaban J connectivity index is 1.35. The quantitative estimate of drug-likeness (QED) is 0.225. The molecule has 180 valence electrons. The minimum absolute atomic E-state index is 0.229. The van der Waals surface area contributed by atoms with Crippen LogP contribution in [0.4, 0.5) is 0 Å². The van der Waals surface area contributed by atoms with E-state index in [4.69, 9.17) is 18.6 Å². The molecule has 0 saturated heterocycles. The van der Waals surface area contributed by atoms with Gasteiger partial charge >= 0.3 is 5.63 Å². The molecule has 3 aromatic carbocycles. The predicted molar refractivity (Wildman–Crippen MR) is 136 cm³/mol. The molecule has 0 radical (unpaired) electrons. The van der Waals surface area contributed by atoms with Crippen molar-refractivity contribution in [2.24, 2.45) is 0 Å². The summed E-state index contributed by atoms with van der Waals surface area (Å²) in [4.78, 5) is 12.2. The van der Waals surface area contributed by atoms with Gasteiger partial charge in [0.05, 0.1) is 13.7 Å². The van der Waals surface area contributed by atoms with Crippen molar-refractivity contribution >= 4 is 22.7 Å². The SMILES string of the molecule is COc1ccc2c(CSc3nnc(-c4ccccc4)n3Cc3ccc4c(c3)OCO4)cc(=O)oc2c1. The third kappa shape index (κ3) is 4.29. The minimum Gasteiger partial charge on any atom is -0.497 e. The summed E-state index contributed by atoms with van der Waals surface area (Å²) in [6.45, 7) is 0.776. The fraction of sp³-hybridized carbons (Fsp3) is 0.148. The zero-order valence-corrected chi connectivity index (χ0v) is 20.2. The largest absolute Gasteiger partial charge is 0.497 e. The number of fused-ring (bicyclic) bond motifs is 2. The monoisotopic (exact) mass is 499 g/mol. The molecule has 6 rings (SSSR count). The van der Waals surface area contributed by atoms with Crippen LogP contribution in [-0.2, 0) is 12.3 Å². The van der Waals surface area contributed by atoms with Crippen molar-refractivity contribution in [1.82, 2.24) is 14.8 Å². The lowest BCUT2D eigenvalue weighted by Crippen LogP contribution is -2.05. The fourth-order valence-corrected chi connectivity index (χ4v) is 5.09. The van der Waals surface area contributed by atoms with Gasteiger partial charge in [0.1, 0.15) is 11.3 Å². The molecule has 0 spiro atoms. The molecule has 0 fully saturated rings. The Morgan fingerprint density at radius 2 is 1.83 bits per heavy atom. The van der Waals surface area contributed by atoms with E-state index in [2.05, 4.69) is 14.8 Å². The van der Waals surface area contributed by atoms with Crippen molar-refractivity contribution < 1.29 is 18.6 Å². The molecule has 0 aliphatic carbocycles. The average molecular weight is 500 g/mol. The number of hydrogen-bond donors (Lipinski definition) is 0. The Labute approximate surface area is 210 Å². The zero-order valence-electron chi connectivity index (χ0n) is 19.3. The first-order chi connectivity index (χ1) is 17.7. The standard InChI is InChI=1S/C27H21N3O5S/c1-32-20-8-9-21-19(12-25(31)35-23(21)13-20)15-36-27-29-28-26(18-5-3-2-4-6-18)30(27)14-17-7-10-22-24(11-17)34-16-33-22/h2-13H,14-16H2,1H3. The van der Waals surface area contributed by atoms with Gasteiger partial charge in [-0.05, 0) is 35.4 Å². The Morgan fingerprint density at radius 3 is 2.69 bits per heavy atom. The number of benzene rings is 3. The highest BCUT2D eigenvalue weighted by molar-refractivity contribution is 7.98. The van der Waals surface area contributed by atoms with E-state index in [1.54, 1.807) is 13.2 Å². The molecule has 36 heavy (non-hydrogen) atoms.